The van der Waals surface area contributed by atoms with Gasteiger partial charge < -0.3 is 0 Å². The van der Waals surface area contributed by atoms with Crippen molar-refractivity contribution >= 4 is 66.0 Å². The van der Waals surface area contributed by atoms with E-state index in [0.29, 0.717) is 0 Å². The van der Waals surface area contributed by atoms with E-state index >= 15 is 0 Å². The van der Waals surface area contributed by atoms with Gasteiger partial charge in [0, 0.05) is 0 Å². The number of hydrogen-bond acceptors (Lipinski definition) is 0. The van der Waals surface area contributed by atoms with Crippen molar-refractivity contribution in [1.29, 1.82) is 0 Å². The maximum Gasteiger partial charge on any atom is -0.00201 e. The van der Waals surface area contributed by atoms with Crippen molar-refractivity contribution in [2.24, 2.45) is 0 Å². The maximum absolute atomic E-state index is 2.35. The minimum atomic E-state index is 1.19. The molecule has 0 fully saturated rings. The second kappa shape index (κ2) is 17.5. The Hall–Kier alpha value is -9.10. The lowest BCUT2D eigenvalue weighted by Gasteiger charge is -2.19. The smallest absolute Gasteiger partial charge is 0.00201 e. The van der Waals surface area contributed by atoms with Gasteiger partial charge in [-0.3, -0.25) is 0 Å². The van der Waals surface area contributed by atoms with Crippen molar-refractivity contribution in [2.45, 2.75) is 0 Å². The molecule has 0 radical (unpaired) electrons. The molecule has 0 heteroatoms. The molecule has 70 heavy (non-hydrogen) atoms. The lowest BCUT2D eigenvalue weighted by Crippen LogP contribution is -1.92. The Morgan fingerprint density at radius 1 is 0.186 bits per heavy atom. The highest BCUT2D eigenvalue weighted by molar-refractivity contribution is 6.24. The minimum Gasteiger partial charge on any atom is -0.0622 e. The Bertz CT molecular complexity index is 4020. The van der Waals surface area contributed by atoms with Gasteiger partial charge in [0.15, 0.2) is 0 Å². The molecule has 0 amide bonds. The molecule has 0 atom stereocenters. The van der Waals surface area contributed by atoms with Crippen LogP contribution in [0.3, 0.4) is 0 Å². The summed E-state index contributed by atoms with van der Waals surface area (Å²) in [5, 5.41) is 12.5. The summed E-state index contributed by atoms with van der Waals surface area (Å²) in [6.07, 6.45) is 4.60. The third-order valence-electron chi connectivity index (χ3n) is 14.3. The van der Waals surface area contributed by atoms with Gasteiger partial charge in [0.25, 0.3) is 0 Å². The Kier molecular flexibility index (Phi) is 10.3. The van der Waals surface area contributed by atoms with Crippen LogP contribution in [0.5, 0.6) is 0 Å². The summed E-state index contributed by atoms with van der Waals surface area (Å²) < 4.78 is 0. The van der Waals surface area contributed by atoms with E-state index < -0.39 is 0 Å². The molecule has 326 valence electrons. The molecule has 0 N–H and O–H groups in total. The van der Waals surface area contributed by atoms with E-state index in [4.69, 9.17) is 0 Å². The van der Waals surface area contributed by atoms with Gasteiger partial charge in [-0.2, -0.15) is 0 Å². The Balaban J connectivity index is 0.904. The van der Waals surface area contributed by atoms with E-state index in [0.717, 1.165) is 0 Å². The molecule has 0 aromatic heterocycles. The van der Waals surface area contributed by atoms with E-state index in [1.807, 2.05) is 0 Å². The summed E-state index contributed by atoms with van der Waals surface area (Å²) in [6, 6.07) is 97.8. The average Bonchev–Trinajstić information content (AvgIpc) is 3.44. The summed E-state index contributed by atoms with van der Waals surface area (Å²) in [5.74, 6) is 0. The van der Waals surface area contributed by atoms with Gasteiger partial charge in [-0.15, -0.1) is 0 Å². The van der Waals surface area contributed by atoms with Crippen LogP contribution in [-0.4, -0.2) is 0 Å². The monoisotopic (exact) mass is 886 g/mol. The molecule has 0 unspecified atom stereocenters. The van der Waals surface area contributed by atoms with Crippen LogP contribution in [0, 0.1) is 0 Å². The van der Waals surface area contributed by atoms with Crippen molar-refractivity contribution < 1.29 is 0 Å². The van der Waals surface area contributed by atoms with Gasteiger partial charge in [-0.25, -0.2) is 0 Å². The second-order valence-electron chi connectivity index (χ2n) is 18.3. The molecule has 0 nitrogen and oxygen atoms in total. The van der Waals surface area contributed by atoms with Crippen molar-refractivity contribution in [3.05, 3.63) is 278 Å². The zero-order chi connectivity index (χ0) is 46.4. The van der Waals surface area contributed by atoms with Gasteiger partial charge >= 0.3 is 0 Å². The fourth-order valence-corrected chi connectivity index (χ4v) is 11.0. The second-order valence-corrected chi connectivity index (χ2v) is 18.3. The van der Waals surface area contributed by atoms with Crippen LogP contribution < -0.4 is 0 Å². The van der Waals surface area contributed by atoms with Crippen LogP contribution in [0.4, 0.5) is 0 Å². The SMILES string of the molecule is C(=Cc1ccc(-c2c3ccccc3c(-c3ccc(-c4cc(-c5ccccc5)cc(-c5ccccc5)c4)cc3)c3ccccc23)c2ccccc12)c1ccc(-c2cccc3ccccc23)c2ccccc12. The first-order valence-electron chi connectivity index (χ1n) is 24.2. The van der Waals surface area contributed by atoms with Crippen molar-refractivity contribution in [3.8, 4) is 66.8 Å². The predicted octanol–water partition coefficient (Wildman–Crippen LogP) is 19.6. The van der Waals surface area contributed by atoms with Crippen molar-refractivity contribution in [2.75, 3.05) is 0 Å². The van der Waals surface area contributed by atoms with E-state index in [1.54, 1.807) is 0 Å². The van der Waals surface area contributed by atoms with Crippen molar-refractivity contribution in [3.63, 3.8) is 0 Å². The molecule has 13 rings (SSSR count). The standard InChI is InChI=1S/C70H46/c1-3-18-47(19-4-1)54-44-55(48-20-5-2-6-21-48)46-56(45-54)49-34-38-53(39-35-49)69-64-29-13-15-31-66(64)70(67-32-16-14-30-65(67)69)68-43-41-52(59-26-10-12-28-62(59)68)37-36-51-40-42-63(60-27-11-9-25-58(51)60)61-33-17-23-50-22-7-8-24-57(50)61/h1-46H. The van der Waals surface area contributed by atoms with Crippen LogP contribution in [0.1, 0.15) is 11.1 Å². The molecule has 0 aliphatic carbocycles. The van der Waals surface area contributed by atoms with Gasteiger partial charge in [-0.05, 0) is 150 Å². The lowest BCUT2D eigenvalue weighted by molar-refractivity contribution is 1.56. The normalized spacial score (nSPS) is 11.7. The van der Waals surface area contributed by atoms with Gasteiger partial charge in [-0.1, -0.05) is 261 Å². The number of fused-ring (bicyclic) bond motifs is 5. The minimum absolute atomic E-state index is 1.19. The van der Waals surface area contributed by atoms with Crippen LogP contribution in [0.25, 0.3) is 133 Å². The zero-order valence-electron chi connectivity index (χ0n) is 38.6. The molecule has 0 bridgehead atoms. The Labute approximate surface area is 408 Å². The summed E-state index contributed by atoms with van der Waals surface area (Å²) >= 11 is 0. The molecule has 0 saturated heterocycles. The quantitative estimate of drug-likeness (QED) is 0.105. The maximum atomic E-state index is 2.35. The zero-order valence-corrected chi connectivity index (χ0v) is 38.6. The molecule has 13 aromatic carbocycles. The fourth-order valence-electron chi connectivity index (χ4n) is 11.0. The van der Waals surface area contributed by atoms with Crippen LogP contribution in [0.15, 0.2) is 267 Å². The highest BCUT2D eigenvalue weighted by Gasteiger charge is 2.19. The highest BCUT2D eigenvalue weighted by Crippen LogP contribution is 2.46. The van der Waals surface area contributed by atoms with Gasteiger partial charge in [0.2, 0.25) is 0 Å². The third kappa shape index (κ3) is 7.26. The van der Waals surface area contributed by atoms with Crippen LogP contribution in [-0.2, 0) is 0 Å². The highest BCUT2D eigenvalue weighted by atomic mass is 14.2. The molecule has 0 saturated carbocycles. The summed E-state index contributed by atoms with van der Waals surface area (Å²) in [5.41, 5.74) is 17.1. The number of hydrogen-bond donors (Lipinski definition) is 0. The lowest BCUT2D eigenvalue weighted by atomic mass is 9.84. The predicted molar refractivity (Wildman–Crippen MR) is 302 cm³/mol. The first-order valence-corrected chi connectivity index (χ1v) is 24.2. The van der Waals surface area contributed by atoms with Crippen LogP contribution >= 0.6 is 0 Å². The van der Waals surface area contributed by atoms with E-state index in [-0.39, 0.29) is 0 Å². The molecule has 0 aliphatic rings. The molecular formula is C70H46. The molecular weight excluding hydrogens is 841 g/mol. The summed E-state index contributed by atoms with van der Waals surface area (Å²) in [6.45, 7) is 0. The van der Waals surface area contributed by atoms with E-state index in [1.165, 1.54) is 132 Å². The largest absolute Gasteiger partial charge is 0.0622 e. The molecule has 13 aromatic rings. The van der Waals surface area contributed by atoms with Gasteiger partial charge in [0.1, 0.15) is 0 Å². The Morgan fingerprint density at radius 3 is 1.07 bits per heavy atom. The van der Waals surface area contributed by atoms with Gasteiger partial charge in [0.05, 0.1) is 0 Å². The molecule has 0 heterocycles. The first kappa shape index (κ1) is 41.1. The van der Waals surface area contributed by atoms with E-state index in [9.17, 15) is 0 Å². The average molecular weight is 887 g/mol. The Morgan fingerprint density at radius 2 is 0.543 bits per heavy atom. The molecule has 0 aliphatic heterocycles. The summed E-state index contributed by atoms with van der Waals surface area (Å²) in [4.78, 5) is 0. The number of benzene rings is 13. The summed E-state index contributed by atoms with van der Waals surface area (Å²) in [7, 11) is 0. The third-order valence-corrected chi connectivity index (χ3v) is 14.3. The molecule has 0 spiro atoms. The van der Waals surface area contributed by atoms with Crippen LogP contribution in [0.2, 0.25) is 0 Å². The fraction of sp³-hybridized carbons (Fsp3) is 0. The van der Waals surface area contributed by atoms with Crippen molar-refractivity contribution in [1.82, 2.24) is 0 Å². The van der Waals surface area contributed by atoms with E-state index in [2.05, 4.69) is 279 Å². The number of rotatable bonds is 8. The topological polar surface area (TPSA) is 0 Å². The first-order chi connectivity index (χ1) is 34.7.